The molecule has 1 aromatic heterocycles. The van der Waals surface area contributed by atoms with Crippen molar-refractivity contribution >= 4 is 17.4 Å². The molecule has 1 unspecified atom stereocenters. The zero-order valence-corrected chi connectivity index (χ0v) is 20.2. The molecule has 190 valence electrons. The number of ether oxygens (including phenoxy) is 3. The first-order valence-corrected chi connectivity index (χ1v) is 12.1. The molecule has 1 N–H and O–H groups in total. The molecule has 1 amide bonds. The van der Waals surface area contributed by atoms with E-state index in [0.29, 0.717) is 62.1 Å². The number of H-pyrrole nitrogens is 1. The van der Waals surface area contributed by atoms with E-state index < -0.39 is 23.5 Å². The third kappa shape index (κ3) is 4.93. The van der Waals surface area contributed by atoms with Gasteiger partial charge in [-0.15, -0.1) is 0 Å². The number of aromatic nitrogens is 2. The molecule has 0 bridgehead atoms. The summed E-state index contributed by atoms with van der Waals surface area (Å²) in [5, 5.41) is 13.7. The minimum Gasteiger partial charge on any atom is -0.872 e. The van der Waals surface area contributed by atoms with Gasteiger partial charge < -0.3 is 24.2 Å². The number of fused-ring (bicyclic) bond motifs is 1. The average molecular weight is 502 g/mol. The Bertz CT molecular complexity index is 1330. The highest BCUT2D eigenvalue weighted by atomic mass is 16.6. The van der Waals surface area contributed by atoms with Crippen molar-refractivity contribution in [2.75, 3.05) is 26.4 Å². The maximum atomic E-state index is 13.7. The first kappa shape index (κ1) is 24.2. The van der Waals surface area contributed by atoms with Gasteiger partial charge >= 0.3 is 0 Å². The molecule has 1 fully saturated rings. The highest BCUT2D eigenvalue weighted by Crippen LogP contribution is 2.40. The summed E-state index contributed by atoms with van der Waals surface area (Å²) in [4.78, 5) is 30.9. The molecule has 0 radical (unpaired) electrons. The Morgan fingerprint density at radius 3 is 2.68 bits per heavy atom. The molecule has 9 nitrogen and oxygen atoms in total. The van der Waals surface area contributed by atoms with E-state index in [1.807, 2.05) is 17.1 Å². The number of carbonyl (C=O) groups is 2. The second-order valence-electron chi connectivity index (χ2n) is 8.70. The van der Waals surface area contributed by atoms with Crippen LogP contribution in [0.4, 0.5) is 0 Å². The van der Waals surface area contributed by atoms with Crippen LogP contribution in [0.2, 0.25) is 0 Å². The highest BCUT2D eigenvalue weighted by Gasteiger charge is 2.44. The average Bonchev–Trinajstić information content (AvgIpc) is 3.54. The lowest BCUT2D eigenvalue weighted by Gasteiger charge is -2.28. The molecule has 37 heavy (non-hydrogen) atoms. The van der Waals surface area contributed by atoms with Gasteiger partial charge in [0, 0.05) is 18.5 Å². The number of rotatable bonds is 9. The lowest BCUT2D eigenvalue weighted by molar-refractivity contribution is -0.695. The Labute approximate surface area is 214 Å². The number of nitrogens with zero attached hydrogens (tertiary/aromatic N) is 2. The lowest BCUT2D eigenvalue weighted by atomic mass is 9.95. The Hall–Kier alpha value is -4.53. The molecule has 0 aliphatic carbocycles. The van der Waals surface area contributed by atoms with Gasteiger partial charge in [0.15, 0.2) is 11.5 Å². The van der Waals surface area contributed by atoms with Crippen molar-refractivity contribution in [2.24, 2.45) is 0 Å². The van der Waals surface area contributed by atoms with Crippen molar-refractivity contribution in [1.29, 1.82) is 0 Å². The Balaban J connectivity index is 1.51. The van der Waals surface area contributed by atoms with Gasteiger partial charge in [-0.25, -0.2) is 4.57 Å². The van der Waals surface area contributed by atoms with Crippen LogP contribution in [-0.2, 0) is 16.1 Å². The summed E-state index contributed by atoms with van der Waals surface area (Å²) in [5.74, 6) is -0.375. The van der Waals surface area contributed by atoms with Crippen LogP contribution in [0.3, 0.4) is 0 Å². The first-order chi connectivity index (χ1) is 18.1. The monoisotopic (exact) mass is 501 g/mol. The fourth-order valence-electron chi connectivity index (χ4n) is 4.57. The normalized spacial score (nSPS) is 18.2. The molecule has 5 rings (SSSR count). The summed E-state index contributed by atoms with van der Waals surface area (Å²) < 4.78 is 18.7. The topological polar surface area (TPSA) is 108 Å². The van der Waals surface area contributed by atoms with Gasteiger partial charge in [0.05, 0.1) is 12.6 Å². The summed E-state index contributed by atoms with van der Waals surface area (Å²) in [5.41, 5.74) is 0.845. The molecule has 3 aromatic rings. The number of aromatic amines is 1. The van der Waals surface area contributed by atoms with E-state index in [1.165, 1.54) is 4.90 Å². The Morgan fingerprint density at radius 2 is 1.95 bits per heavy atom. The van der Waals surface area contributed by atoms with Crippen LogP contribution in [0.15, 0.2) is 79.4 Å². The minimum absolute atomic E-state index is 0.0734. The summed E-state index contributed by atoms with van der Waals surface area (Å²) in [7, 11) is 0. The third-order valence-corrected chi connectivity index (χ3v) is 6.32. The molecular weight excluding hydrogens is 474 g/mol. The molecule has 3 heterocycles. The van der Waals surface area contributed by atoms with E-state index in [4.69, 9.17) is 14.2 Å². The number of ketones is 1. The highest BCUT2D eigenvalue weighted by molar-refractivity contribution is 6.46. The van der Waals surface area contributed by atoms with Crippen molar-refractivity contribution in [2.45, 2.75) is 19.0 Å². The Kier molecular flexibility index (Phi) is 6.93. The number of hydrogen-bond acceptors (Lipinski definition) is 6. The maximum absolute atomic E-state index is 13.7. The molecule has 1 atom stereocenters. The number of imidazole rings is 1. The largest absolute Gasteiger partial charge is 0.872 e. The smallest absolute Gasteiger partial charge is 0.295 e. The van der Waals surface area contributed by atoms with Crippen LogP contribution in [-0.4, -0.2) is 47.9 Å². The van der Waals surface area contributed by atoms with Crippen LogP contribution < -0.4 is 23.9 Å². The van der Waals surface area contributed by atoms with Gasteiger partial charge in [0.2, 0.25) is 12.1 Å². The van der Waals surface area contributed by atoms with Crippen molar-refractivity contribution < 1.29 is 33.5 Å². The molecule has 1 saturated heterocycles. The van der Waals surface area contributed by atoms with Gasteiger partial charge in [-0.2, -0.15) is 0 Å². The van der Waals surface area contributed by atoms with Crippen LogP contribution in [0.1, 0.15) is 23.6 Å². The summed E-state index contributed by atoms with van der Waals surface area (Å²) in [6, 6.07) is 11.1. The van der Waals surface area contributed by atoms with Gasteiger partial charge in [-0.3, -0.25) is 14.6 Å². The third-order valence-electron chi connectivity index (χ3n) is 6.32. The van der Waals surface area contributed by atoms with E-state index >= 15 is 0 Å². The zero-order valence-electron chi connectivity index (χ0n) is 20.2. The molecule has 2 aliphatic heterocycles. The maximum Gasteiger partial charge on any atom is 0.295 e. The van der Waals surface area contributed by atoms with Crippen molar-refractivity contribution in [3.05, 3.63) is 90.5 Å². The number of carbonyl (C=O) groups excluding carboxylic acids is 2. The van der Waals surface area contributed by atoms with Crippen molar-refractivity contribution in [3.8, 4) is 17.2 Å². The van der Waals surface area contributed by atoms with Gasteiger partial charge in [0.1, 0.15) is 38.0 Å². The second kappa shape index (κ2) is 10.6. The fraction of sp³-hybridized carbons (Fsp3) is 0.250. The van der Waals surface area contributed by atoms with E-state index in [9.17, 15) is 14.7 Å². The SMILES string of the molecule is C=CCOc1ccc(C2C(=C([O-])c3ccc4c(c3)OCCO4)C(=O)C(=O)N2CCC[n+]2cc[nH]c2)cc1. The van der Waals surface area contributed by atoms with Gasteiger partial charge in [-0.1, -0.05) is 36.6 Å². The standard InChI is InChI=1S/C28H27N3O6/c1-2-14-35-21-7-4-19(5-8-21)25-24(26(32)20-6-9-22-23(17-20)37-16-15-36-22)27(33)28(34)31(25)12-3-11-30-13-10-29-18-30/h2,4-10,13,17-18,25H,1,3,11-12,14-16H2,(H,32,33). The minimum atomic E-state index is -0.814. The lowest BCUT2D eigenvalue weighted by Crippen LogP contribution is -2.36. The van der Waals surface area contributed by atoms with E-state index in [1.54, 1.807) is 54.7 Å². The molecular formula is C28H27N3O6. The number of hydrogen-bond donors (Lipinski definition) is 1. The van der Waals surface area contributed by atoms with E-state index in [-0.39, 0.29) is 11.1 Å². The van der Waals surface area contributed by atoms with E-state index in [0.717, 1.165) is 0 Å². The molecule has 2 aliphatic rings. The second-order valence-corrected chi connectivity index (χ2v) is 8.70. The predicted molar refractivity (Wildman–Crippen MR) is 132 cm³/mol. The first-order valence-electron chi connectivity index (χ1n) is 12.1. The van der Waals surface area contributed by atoms with Crippen molar-refractivity contribution in [1.82, 2.24) is 9.88 Å². The summed E-state index contributed by atoms with van der Waals surface area (Å²) in [6.07, 6.45) is 7.76. The molecule has 0 spiro atoms. The van der Waals surface area contributed by atoms with Crippen LogP contribution in [0.5, 0.6) is 17.2 Å². The number of aryl methyl sites for hydroxylation is 1. The van der Waals surface area contributed by atoms with E-state index in [2.05, 4.69) is 11.6 Å². The number of benzene rings is 2. The summed E-state index contributed by atoms with van der Waals surface area (Å²) >= 11 is 0. The van der Waals surface area contributed by atoms with Gasteiger partial charge in [0.25, 0.3) is 5.91 Å². The molecule has 0 saturated carbocycles. The number of likely N-dealkylation sites (tertiary alicyclic amines) is 1. The number of nitrogens with one attached hydrogen (secondary N) is 1. The summed E-state index contributed by atoms with van der Waals surface area (Å²) in [6.45, 7) is 5.74. The van der Waals surface area contributed by atoms with Gasteiger partial charge in [-0.05, 0) is 35.4 Å². The molecule has 2 aromatic carbocycles. The van der Waals surface area contributed by atoms with Crippen molar-refractivity contribution in [3.63, 3.8) is 0 Å². The fourth-order valence-corrected chi connectivity index (χ4v) is 4.57. The zero-order chi connectivity index (χ0) is 25.8. The number of amides is 1. The van der Waals surface area contributed by atoms with Crippen LogP contribution >= 0.6 is 0 Å². The Morgan fingerprint density at radius 1 is 1.16 bits per heavy atom. The quantitative estimate of drug-likeness (QED) is 0.158. The molecule has 9 heteroatoms. The number of Topliss-reactive ketones (excluding diaryl/α,β-unsaturated/α-hetero) is 1. The predicted octanol–water partition coefficient (Wildman–Crippen LogP) is 1.95. The van der Waals surface area contributed by atoms with Crippen LogP contribution in [0.25, 0.3) is 5.76 Å². The van der Waals surface area contributed by atoms with Crippen LogP contribution in [0, 0.1) is 0 Å².